The highest BCUT2D eigenvalue weighted by Crippen LogP contribution is 2.46. The summed E-state index contributed by atoms with van der Waals surface area (Å²) in [4.78, 5) is 0. The van der Waals surface area contributed by atoms with Gasteiger partial charge in [0, 0.05) is 0 Å². The maximum atomic E-state index is 5.88. The summed E-state index contributed by atoms with van der Waals surface area (Å²) in [5, 5.41) is 0. The van der Waals surface area contributed by atoms with Crippen molar-refractivity contribution in [2.24, 2.45) is 0 Å². The molecule has 0 spiro atoms. The van der Waals surface area contributed by atoms with E-state index in [4.69, 9.17) is 10.7 Å². The van der Waals surface area contributed by atoms with Crippen LogP contribution in [-0.4, -0.2) is 30.9 Å². The van der Waals surface area contributed by atoms with Gasteiger partial charge < -0.3 is 0 Å². The third kappa shape index (κ3) is 3.21. The largest absolute Gasteiger partial charge is 0.262 e. The number of hydrogen-bond donors (Lipinski definition) is 0. The topological polar surface area (TPSA) is 3.24 Å². The van der Waals surface area contributed by atoms with Gasteiger partial charge in [0.25, 0.3) is 0 Å². The van der Waals surface area contributed by atoms with E-state index in [0.717, 1.165) is 0 Å². The molecule has 0 N–H and O–H groups in total. The normalized spacial score (nSPS) is 15.1. The molecule has 0 saturated carbocycles. The monoisotopic (exact) mass is 141 g/mol. The van der Waals surface area contributed by atoms with E-state index in [9.17, 15) is 0 Å². The van der Waals surface area contributed by atoms with Crippen LogP contribution < -0.4 is 0 Å². The van der Waals surface area contributed by atoms with Gasteiger partial charge in [-0.1, -0.05) is 10.7 Å². The van der Waals surface area contributed by atoms with Crippen LogP contribution in [0.2, 0.25) is 0 Å². The SMILES string of the molecule is CN(C)S(C)(C)Cl. The Balaban J connectivity index is 3.54. The van der Waals surface area contributed by atoms with Crippen LogP contribution in [0.25, 0.3) is 0 Å². The molecule has 0 rings (SSSR count). The average molecular weight is 142 g/mol. The Kier molecular flexibility index (Phi) is 2.44. The van der Waals surface area contributed by atoms with Gasteiger partial charge in [0.15, 0.2) is 0 Å². The molecule has 0 aliphatic carbocycles. The van der Waals surface area contributed by atoms with Crippen molar-refractivity contribution >= 4 is 20.1 Å². The molecular weight excluding hydrogens is 130 g/mol. The molecule has 0 heterocycles. The van der Waals surface area contributed by atoms with Gasteiger partial charge in [-0.25, -0.2) is 0 Å². The summed E-state index contributed by atoms with van der Waals surface area (Å²) in [6, 6.07) is 0. The van der Waals surface area contributed by atoms with E-state index >= 15 is 0 Å². The van der Waals surface area contributed by atoms with Gasteiger partial charge in [0.2, 0.25) is 0 Å². The molecule has 1 nitrogen and oxygen atoms in total. The summed E-state index contributed by atoms with van der Waals surface area (Å²) >= 11 is 0. The molecule has 0 aromatic rings. The van der Waals surface area contributed by atoms with Crippen LogP contribution in [0, 0.1) is 0 Å². The molecule has 0 saturated heterocycles. The van der Waals surface area contributed by atoms with Crippen LogP contribution in [0.3, 0.4) is 0 Å². The first-order chi connectivity index (χ1) is 2.94. The minimum atomic E-state index is -0.935. The van der Waals surface area contributed by atoms with E-state index in [0.29, 0.717) is 0 Å². The lowest BCUT2D eigenvalue weighted by atomic mass is 11.3. The summed E-state index contributed by atoms with van der Waals surface area (Å²) in [7, 11) is 8.92. The number of halogens is 1. The first-order valence-corrected chi connectivity index (χ1v) is 5.28. The van der Waals surface area contributed by atoms with Crippen molar-refractivity contribution in [1.29, 1.82) is 0 Å². The minimum absolute atomic E-state index is 0.935. The lowest BCUT2D eigenvalue weighted by Gasteiger charge is -2.29. The van der Waals surface area contributed by atoms with Gasteiger partial charge in [-0.2, -0.15) is 0 Å². The van der Waals surface area contributed by atoms with Crippen LogP contribution in [0.15, 0.2) is 0 Å². The molecule has 0 fully saturated rings. The Bertz CT molecular complexity index is 57.2. The molecule has 7 heavy (non-hydrogen) atoms. The zero-order valence-electron chi connectivity index (χ0n) is 5.23. The molecule has 0 radical (unpaired) electrons. The number of hydrogen-bond acceptors (Lipinski definition) is 1. The molecule has 0 aliphatic heterocycles. The van der Waals surface area contributed by atoms with E-state index in [1.807, 2.05) is 30.9 Å². The van der Waals surface area contributed by atoms with Crippen molar-refractivity contribution in [3.8, 4) is 0 Å². The Morgan fingerprint density at radius 3 is 1.43 bits per heavy atom. The summed E-state index contributed by atoms with van der Waals surface area (Å²) in [6.45, 7) is 0. The lowest BCUT2D eigenvalue weighted by molar-refractivity contribution is 0.694. The van der Waals surface area contributed by atoms with Crippen molar-refractivity contribution in [3.05, 3.63) is 0 Å². The summed E-state index contributed by atoms with van der Waals surface area (Å²) in [6.07, 6.45) is 4.07. The van der Waals surface area contributed by atoms with Gasteiger partial charge in [0.1, 0.15) is 0 Å². The maximum absolute atomic E-state index is 5.88. The molecule has 46 valence electrons. The Labute approximate surface area is 51.6 Å². The first-order valence-electron chi connectivity index (χ1n) is 2.05. The lowest BCUT2D eigenvalue weighted by Crippen LogP contribution is -2.11. The van der Waals surface area contributed by atoms with Gasteiger partial charge in [-0.15, -0.1) is 9.43 Å². The molecule has 0 aromatic heterocycles. The fraction of sp³-hybridized carbons (Fsp3) is 1.00. The number of nitrogens with zero attached hydrogens (tertiary/aromatic N) is 1. The zero-order valence-corrected chi connectivity index (χ0v) is 6.81. The predicted molar refractivity (Wildman–Crippen MR) is 39.0 cm³/mol. The second kappa shape index (κ2) is 2.25. The molecule has 0 aliphatic rings. The van der Waals surface area contributed by atoms with Gasteiger partial charge in [-0.3, -0.25) is 4.31 Å². The van der Waals surface area contributed by atoms with E-state index < -0.39 is 9.43 Å². The fourth-order valence-corrected chi connectivity index (χ4v) is 0. The molecular formula is C4H12ClNS. The Morgan fingerprint density at radius 2 is 1.43 bits per heavy atom. The molecule has 0 aromatic carbocycles. The maximum Gasteiger partial charge on any atom is -0.00333 e. The second-order valence-electron chi connectivity index (χ2n) is 1.96. The Hall–Kier alpha value is 0.600. The van der Waals surface area contributed by atoms with E-state index in [-0.39, 0.29) is 0 Å². The van der Waals surface area contributed by atoms with Crippen molar-refractivity contribution < 1.29 is 0 Å². The molecule has 0 atom stereocenters. The smallest absolute Gasteiger partial charge is 0.00333 e. The van der Waals surface area contributed by atoms with Crippen LogP contribution in [0.4, 0.5) is 0 Å². The highest BCUT2D eigenvalue weighted by atomic mass is 35.7. The van der Waals surface area contributed by atoms with Gasteiger partial charge in [0.05, 0.1) is 0 Å². The van der Waals surface area contributed by atoms with E-state index in [1.165, 1.54) is 0 Å². The molecule has 0 amide bonds. The molecule has 0 bridgehead atoms. The van der Waals surface area contributed by atoms with Crippen molar-refractivity contribution in [2.45, 2.75) is 0 Å². The average Bonchev–Trinajstić information content (AvgIpc) is 1.31. The van der Waals surface area contributed by atoms with Gasteiger partial charge in [-0.05, 0) is 26.6 Å². The summed E-state index contributed by atoms with van der Waals surface area (Å²) < 4.78 is 2.04. The van der Waals surface area contributed by atoms with Crippen molar-refractivity contribution in [1.82, 2.24) is 4.31 Å². The highest BCUT2D eigenvalue weighted by molar-refractivity contribution is 8.48. The number of rotatable bonds is 1. The zero-order chi connectivity index (χ0) is 6.08. The minimum Gasteiger partial charge on any atom is -0.262 e. The van der Waals surface area contributed by atoms with Crippen molar-refractivity contribution in [2.75, 3.05) is 26.6 Å². The van der Waals surface area contributed by atoms with E-state index in [1.54, 1.807) is 0 Å². The Morgan fingerprint density at radius 1 is 1.29 bits per heavy atom. The predicted octanol–water partition coefficient (Wildman–Crippen LogP) is 1.68. The quantitative estimate of drug-likeness (QED) is 0.537. The standard InChI is InChI=1S/C4H12ClNS/c1-6(2)7(3,4)5/h1-4H3. The third-order valence-corrected chi connectivity index (χ3v) is 3.43. The second-order valence-corrected chi connectivity index (χ2v) is 7.26. The molecule has 3 heteroatoms. The van der Waals surface area contributed by atoms with Crippen LogP contribution in [0.5, 0.6) is 0 Å². The highest BCUT2D eigenvalue weighted by Gasteiger charge is 2.07. The fourth-order valence-electron chi connectivity index (χ4n) is 0. The van der Waals surface area contributed by atoms with Crippen LogP contribution in [0.1, 0.15) is 0 Å². The summed E-state index contributed by atoms with van der Waals surface area (Å²) in [5.74, 6) is 0. The first kappa shape index (κ1) is 7.60. The van der Waals surface area contributed by atoms with Crippen LogP contribution >= 0.6 is 20.1 Å². The van der Waals surface area contributed by atoms with Crippen molar-refractivity contribution in [3.63, 3.8) is 0 Å². The third-order valence-electron chi connectivity index (χ3n) is 0.868. The molecule has 0 unspecified atom stereocenters. The van der Waals surface area contributed by atoms with Crippen LogP contribution in [-0.2, 0) is 0 Å². The van der Waals surface area contributed by atoms with E-state index in [2.05, 4.69) is 0 Å². The summed E-state index contributed by atoms with van der Waals surface area (Å²) in [5.41, 5.74) is 0. The van der Waals surface area contributed by atoms with Gasteiger partial charge >= 0.3 is 0 Å².